The van der Waals surface area contributed by atoms with Crippen LogP contribution in [0.1, 0.15) is 0 Å². The first-order valence-corrected chi connectivity index (χ1v) is 22.1. The van der Waals surface area contributed by atoms with Gasteiger partial charge < -0.3 is 0 Å². The Labute approximate surface area is 330 Å². The van der Waals surface area contributed by atoms with Crippen LogP contribution < -0.4 is 16.4 Å². The second kappa shape index (κ2) is 9.81. The van der Waals surface area contributed by atoms with Crippen LogP contribution in [-0.2, 0) is 0 Å². The monoisotopic (exact) mass is 762 g/mol. The molecule has 0 bridgehead atoms. The number of fused-ring (bicyclic) bond motifs is 20. The second-order valence-electron chi connectivity index (χ2n) is 15.4. The lowest BCUT2D eigenvalue weighted by atomic mass is 9.31. The molecule has 9 aromatic carbocycles. The zero-order valence-corrected chi connectivity index (χ0v) is 32.3. The highest BCUT2D eigenvalue weighted by molar-refractivity contribution is 7.28. The van der Waals surface area contributed by atoms with E-state index in [1.807, 2.05) is 45.3 Å². The number of benzene rings is 9. The van der Waals surface area contributed by atoms with Gasteiger partial charge in [-0.2, -0.15) is 0 Å². The molecule has 2 aliphatic rings. The number of thiophene rings is 4. The first kappa shape index (κ1) is 28.8. The maximum Gasteiger partial charge on any atom is 0.244 e. The van der Waals surface area contributed by atoms with Crippen LogP contribution in [-0.4, -0.2) is 6.71 Å². The Morgan fingerprint density at radius 1 is 0.309 bits per heavy atom. The lowest BCUT2D eigenvalue weighted by Gasteiger charge is -2.35. The van der Waals surface area contributed by atoms with Gasteiger partial charge in [0.05, 0.1) is 0 Å². The molecule has 0 unspecified atom stereocenters. The van der Waals surface area contributed by atoms with Gasteiger partial charge in [0, 0.05) is 91.5 Å². The van der Waals surface area contributed by atoms with Crippen LogP contribution in [0.15, 0.2) is 140 Å². The molecule has 0 atom stereocenters. The summed E-state index contributed by atoms with van der Waals surface area (Å²) in [6.45, 7) is 0.104. The van der Waals surface area contributed by atoms with Crippen molar-refractivity contribution in [1.82, 2.24) is 0 Å². The van der Waals surface area contributed by atoms with E-state index >= 15 is 0 Å². The van der Waals surface area contributed by atoms with Gasteiger partial charge in [0.25, 0.3) is 0 Å². The van der Waals surface area contributed by atoms with E-state index in [4.69, 9.17) is 0 Å². The van der Waals surface area contributed by atoms with Gasteiger partial charge in [0.2, 0.25) is 6.71 Å². The molecule has 4 aromatic heterocycles. The standard InChI is InChI=1S/C50H23BS4/c1-5-16-36-24(10-1)30-20-34-42-32(49(30)54-36)22-40-44(26-12-3-7-18-38(26)52-40)46(42)28-14-9-15-29-47-43-33(23-41-45(47)27-13-4-8-19-39(27)53-41)50-31(21-35(43)51(34)48(28)29)25-11-2-6-17-37(25)55-50/h1-23H. The van der Waals surface area contributed by atoms with E-state index in [-0.39, 0.29) is 6.71 Å². The average Bonchev–Trinajstić information content (AvgIpc) is 4.00. The molecule has 0 amide bonds. The van der Waals surface area contributed by atoms with Gasteiger partial charge in [-0.3, -0.25) is 0 Å². The third-order valence-corrected chi connectivity index (χ3v) is 17.5. The van der Waals surface area contributed by atoms with Gasteiger partial charge in [-0.1, -0.05) is 120 Å². The fraction of sp³-hybridized carbons (Fsp3) is 0. The Bertz CT molecular complexity index is 3710. The van der Waals surface area contributed by atoms with Gasteiger partial charge in [-0.15, -0.1) is 45.3 Å². The summed E-state index contributed by atoms with van der Waals surface area (Å²) >= 11 is 7.83. The summed E-state index contributed by atoms with van der Waals surface area (Å²) < 4.78 is 11.0. The van der Waals surface area contributed by atoms with Crippen LogP contribution in [0.25, 0.3) is 124 Å². The molecule has 13 aromatic rings. The van der Waals surface area contributed by atoms with Crippen molar-refractivity contribution in [2.45, 2.75) is 0 Å². The molecule has 0 N–H and O–H groups in total. The van der Waals surface area contributed by atoms with E-state index in [1.165, 1.54) is 141 Å². The zero-order chi connectivity index (χ0) is 35.3. The van der Waals surface area contributed by atoms with E-state index in [1.54, 1.807) is 0 Å². The summed E-state index contributed by atoms with van der Waals surface area (Å²) in [5, 5.41) is 16.8. The van der Waals surface area contributed by atoms with Gasteiger partial charge in [0.1, 0.15) is 0 Å². The summed E-state index contributed by atoms with van der Waals surface area (Å²) in [6, 6.07) is 53.9. The SMILES string of the molecule is c1cc2c3c(c1)-c1c4c(cc5c6ccccc6sc5c4cc4sc5ccccc5c14)B3c1cc3c4ccccc4sc3c3cc4sc5ccccc5c4c-2c13. The van der Waals surface area contributed by atoms with Crippen molar-refractivity contribution >= 4 is 171 Å². The van der Waals surface area contributed by atoms with Crippen molar-refractivity contribution in [2.24, 2.45) is 0 Å². The molecule has 5 heteroatoms. The van der Waals surface area contributed by atoms with Crippen LogP contribution in [0, 0.1) is 0 Å². The highest BCUT2D eigenvalue weighted by Gasteiger charge is 2.41. The molecule has 15 rings (SSSR count). The molecular formula is C50H23BS4. The summed E-state index contributed by atoms with van der Waals surface area (Å²) in [7, 11) is 0. The molecular weight excluding hydrogens is 740 g/mol. The Morgan fingerprint density at radius 2 is 0.727 bits per heavy atom. The van der Waals surface area contributed by atoms with Gasteiger partial charge in [-0.25, -0.2) is 0 Å². The van der Waals surface area contributed by atoms with Crippen molar-refractivity contribution in [3.8, 4) is 22.3 Å². The second-order valence-corrected chi connectivity index (χ2v) is 19.6. The maximum atomic E-state index is 2.62. The summed E-state index contributed by atoms with van der Waals surface area (Å²) in [5.74, 6) is 0. The molecule has 0 nitrogen and oxygen atoms in total. The lowest BCUT2D eigenvalue weighted by molar-refractivity contribution is 1.69. The fourth-order valence-corrected chi connectivity index (χ4v) is 15.5. The normalized spacial score (nSPS) is 13.4. The zero-order valence-electron chi connectivity index (χ0n) is 29.0. The average molecular weight is 763 g/mol. The van der Waals surface area contributed by atoms with Gasteiger partial charge in [0.15, 0.2) is 0 Å². The third-order valence-electron chi connectivity index (χ3n) is 12.8. The van der Waals surface area contributed by atoms with E-state index in [0.717, 1.165) is 0 Å². The number of hydrogen-bond acceptors (Lipinski definition) is 4. The maximum absolute atomic E-state index is 2.62. The number of rotatable bonds is 0. The first-order valence-electron chi connectivity index (χ1n) is 18.9. The predicted molar refractivity (Wildman–Crippen MR) is 249 cm³/mol. The summed E-state index contributed by atoms with van der Waals surface area (Å²) in [5.41, 5.74) is 10.1. The Kier molecular flexibility index (Phi) is 5.14. The molecule has 0 aliphatic carbocycles. The molecule has 2 aliphatic heterocycles. The van der Waals surface area contributed by atoms with E-state index in [0.29, 0.717) is 0 Å². The fourth-order valence-electron chi connectivity index (χ4n) is 10.8. The molecule has 0 radical (unpaired) electrons. The van der Waals surface area contributed by atoms with Crippen LogP contribution in [0.3, 0.4) is 0 Å². The Balaban J connectivity index is 1.24. The topological polar surface area (TPSA) is 0 Å². The first-order chi connectivity index (χ1) is 27.3. The van der Waals surface area contributed by atoms with E-state index in [9.17, 15) is 0 Å². The van der Waals surface area contributed by atoms with Crippen LogP contribution >= 0.6 is 45.3 Å². The highest BCUT2D eigenvalue weighted by Crippen LogP contribution is 2.53. The van der Waals surface area contributed by atoms with E-state index in [2.05, 4.69) is 140 Å². The van der Waals surface area contributed by atoms with Crippen LogP contribution in [0.2, 0.25) is 0 Å². The smallest absolute Gasteiger partial charge is 0.135 e. The molecule has 0 spiro atoms. The van der Waals surface area contributed by atoms with Gasteiger partial charge in [-0.05, 0) is 69.4 Å². The molecule has 0 saturated heterocycles. The quantitative estimate of drug-likeness (QED) is 0.135. The molecule has 6 heterocycles. The molecule has 0 saturated carbocycles. The van der Waals surface area contributed by atoms with E-state index < -0.39 is 0 Å². The third kappa shape index (κ3) is 3.36. The van der Waals surface area contributed by atoms with Crippen LogP contribution in [0.4, 0.5) is 0 Å². The Morgan fingerprint density at radius 3 is 1.20 bits per heavy atom. The van der Waals surface area contributed by atoms with Crippen molar-refractivity contribution in [3.63, 3.8) is 0 Å². The predicted octanol–water partition coefficient (Wildman–Crippen LogP) is 13.9. The van der Waals surface area contributed by atoms with Gasteiger partial charge >= 0.3 is 0 Å². The molecule has 55 heavy (non-hydrogen) atoms. The lowest BCUT2D eigenvalue weighted by Crippen LogP contribution is -2.57. The van der Waals surface area contributed by atoms with Crippen molar-refractivity contribution in [1.29, 1.82) is 0 Å². The van der Waals surface area contributed by atoms with Crippen molar-refractivity contribution in [3.05, 3.63) is 140 Å². The Hall–Kier alpha value is -5.56. The minimum absolute atomic E-state index is 0.104. The minimum atomic E-state index is 0.104. The largest absolute Gasteiger partial charge is 0.244 e. The molecule has 250 valence electrons. The number of hydrogen-bond donors (Lipinski definition) is 0. The van der Waals surface area contributed by atoms with Crippen molar-refractivity contribution in [2.75, 3.05) is 0 Å². The van der Waals surface area contributed by atoms with Crippen LogP contribution in [0.5, 0.6) is 0 Å². The summed E-state index contributed by atoms with van der Waals surface area (Å²) in [6.07, 6.45) is 0. The minimum Gasteiger partial charge on any atom is -0.135 e. The molecule has 0 fully saturated rings. The van der Waals surface area contributed by atoms with Crippen molar-refractivity contribution < 1.29 is 0 Å². The highest BCUT2D eigenvalue weighted by atomic mass is 32.1. The summed E-state index contributed by atoms with van der Waals surface area (Å²) in [4.78, 5) is 0.